The Hall–Kier alpha value is -1.59. The summed E-state index contributed by atoms with van der Waals surface area (Å²) < 4.78 is 15.9. The maximum atomic E-state index is 11.2. The average molecular weight is 252 g/mol. The standard InChI is InChI=1S/C13H16O5/c1-13(10-5-3-4-6-11(10)14)17-8-9(18-13)7-12(15)16-2/h3-6,9,14H,7-8H2,1-2H3. The zero-order valence-electron chi connectivity index (χ0n) is 10.4. The van der Waals surface area contributed by atoms with Crippen LogP contribution in [0.3, 0.4) is 0 Å². The van der Waals surface area contributed by atoms with Crippen LogP contribution in [0.5, 0.6) is 5.75 Å². The predicted octanol–water partition coefficient (Wildman–Crippen LogP) is 1.54. The molecule has 1 heterocycles. The molecule has 2 unspecified atom stereocenters. The van der Waals surface area contributed by atoms with Gasteiger partial charge in [-0.05, 0) is 19.1 Å². The van der Waals surface area contributed by atoms with Gasteiger partial charge in [0.15, 0.2) is 5.79 Å². The molecule has 1 saturated heterocycles. The second kappa shape index (κ2) is 4.96. The Morgan fingerprint density at radius 3 is 2.94 bits per heavy atom. The third-order valence-electron chi connectivity index (χ3n) is 2.95. The SMILES string of the molecule is COC(=O)CC1COC(C)(c2ccccc2O)O1. The monoisotopic (exact) mass is 252 g/mol. The highest BCUT2D eigenvalue weighted by Gasteiger charge is 2.41. The van der Waals surface area contributed by atoms with Crippen molar-refractivity contribution in [2.45, 2.75) is 25.2 Å². The summed E-state index contributed by atoms with van der Waals surface area (Å²) in [5, 5.41) is 9.80. The molecule has 98 valence electrons. The van der Waals surface area contributed by atoms with Gasteiger partial charge >= 0.3 is 5.97 Å². The largest absolute Gasteiger partial charge is 0.507 e. The van der Waals surface area contributed by atoms with Gasteiger partial charge in [0.2, 0.25) is 0 Å². The number of phenols is 1. The zero-order chi connectivity index (χ0) is 13.2. The third-order valence-corrected chi connectivity index (χ3v) is 2.95. The summed E-state index contributed by atoms with van der Waals surface area (Å²) in [6.07, 6.45) is -0.221. The summed E-state index contributed by atoms with van der Waals surface area (Å²) >= 11 is 0. The lowest BCUT2D eigenvalue weighted by Crippen LogP contribution is -2.25. The van der Waals surface area contributed by atoms with E-state index < -0.39 is 5.79 Å². The molecule has 5 heteroatoms. The second-order valence-corrected chi connectivity index (χ2v) is 4.29. The minimum absolute atomic E-state index is 0.110. The van der Waals surface area contributed by atoms with Crippen molar-refractivity contribution in [2.75, 3.05) is 13.7 Å². The van der Waals surface area contributed by atoms with E-state index in [1.54, 1.807) is 31.2 Å². The third kappa shape index (κ3) is 2.47. The van der Waals surface area contributed by atoms with Crippen molar-refractivity contribution in [3.63, 3.8) is 0 Å². The number of esters is 1. The van der Waals surface area contributed by atoms with Crippen LogP contribution < -0.4 is 0 Å². The summed E-state index contributed by atoms with van der Waals surface area (Å²) in [5.41, 5.74) is 0.553. The van der Waals surface area contributed by atoms with Gasteiger partial charge in [0.25, 0.3) is 0 Å². The molecule has 1 fully saturated rings. The van der Waals surface area contributed by atoms with Crippen LogP contribution >= 0.6 is 0 Å². The van der Waals surface area contributed by atoms with Crippen LogP contribution in [-0.2, 0) is 24.8 Å². The molecule has 0 aliphatic carbocycles. The van der Waals surface area contributed by atoms with Gasteiger partial charge in [-0.1, -0.05) is 12.1 Å². The van der Waals surface area contributed by atoms with Crippen LogP contribution in [-0.4, -0.2) is 30.9 Å². The lowest BCUT2D eigenvalue weighted by atomic mass is 10.1. The van der Waals surface area contributed by atoms with Crippen molar-refractivity contribution in [1.82, 2.24) is 0 Å². The van der Waals surface area contributed by atoms with Gasteiger partial charge in [-0.2, -0.15) is 0 Å². The molecule has 0 aromatic heterocycles. The molecule has 1 aromatic carbocycles. The van der Waals surface area contributed by atoms with Crippen LogP contribution in [0.4, 0.5) is 0 Å². The normalized spacial score (nSPS) is 27.1. The van der Waals surface area contributed by atoms with Gasteiger partial charge in [0.1, 0.15) is 5.75 Å². The highest BCUT2D eigenvalue weighted by Crippen LogP contribution is 2.38. The van der Waals surface area contributed by atoms with Crippen LogP contribution in [0, 0.1) is 0 Å². The fourth-order valence-corrected chi connectivity index (χ4v) is 2.01. The first-order valence-corrected chi connectivity index (χ1v) is 5.72. The highest BCUT2D eigenvalue weighted by atomic mass is 16.7. The zero-order valence-corrected chi connectivity index (χ0v) is 10.4. The summed E-state index contributed by atoms with van der Waals surface area (Å²) in [7, 11) is 1.33. The molecule has 2 atom stereocenters. The second-order valence-electron chi connectivity index (χ2n) is 4.29. The number of carbonyl (C=O) groups is 1. The van der Waals surface area contributed by atoms with Crippen molar-refractivity contribution in [2.24, 2.45) is 0 Å². The maximum Gasteiger partial charge on any atom is 0.308 e. The molecule has 0 amide bonds. The van der Waals surface area contributed by atoms with Gasteiger partial charge in [-0.3, -0.25) is 4.79 Å². The number of hydrogen-bond acceptors (Lipinski definition) is 5. The van der Waals surface area contributed by atoms with Crippen molar-refractivity contribution in [1.29, 1.82) is 0 Å². The Bertz CT molecular complexity index is 445. The van der Waals surface area contributed by atoms with Gasteiger partial charge in [0.05, 0.1) is 31.8 Å². The lowest BCUT2D eigenvalue weighted by Gasteiger charge is -2.24. The Morgan fingerprint density at radius 2 is 2.28 bits per heavy atom. The van der Waals surface area contributed by atoms with Crippen molar-refractivity contribution >= 4 is 5.97 Å². The Kier molecular flexibility index (Phi) is 3.54. The lowest BCUT2D eigenvalue weighted by molar-refractivity contribution is -0.167. The van der Waals surface area contributed by atoms with E-state index in [0.29, 0.717) is 12.2 Å². The summed E-state index contributed by atoms with van der Waals surface area (Å²) in [6, 6.07) is 6.82. The van der Waals surface area contributed by atoms with Crippen LogP contribution in [0.2, 0.25) is 0 Å². The summed E-state index contributed by atoms with van der Waals surface area (Å²) in [4.78, 5) is 11.2. The fraction of sp³-hybridized carbons (Fsp3) is 0.462. The highest BCUT2D eigenvalue weighted by molar-refractivity contribution is 5.69. The molecular formula is C13H16O5. The van der Waals surface area contributed by atoms with E-state index in [9.17, 15) is 9.90 Å². The topological polar surface area (TPSA) is 65.0 Å². The number of benzene rings is 1. The molecule has 0 bridgehead atoms. The number of hydrogen-bond donors (Lipinski definition) is 1. The molecule has 1 N–H and O–H groups in total. The number of carbonyl (C=O) groups excluding carboxylic acids is 1. The molecule has 1 aliphatic heterocycles. The van der Waals surface area contributed by atoms with E-state index in [1.807, 2.05) is 0 Å². The number of ether oxygens (including phenoxy) is 3. The quantitative estimate of drug-likeness (QED) is 0.827. The van der Waals surface area contributed by atoms with Gasteiger partial charge in [-0.15, -0.1) is 0 Å². The van der Waals surface area contributed by atoms with Crippen molar-refractivity contribution < 1.29 is 24.1 Å². The number of methoxy groups -OCH3 is 1. The van der Waals surface area contributed by atoms with E-state index in [4.69, 9.17) is 9.47 Å². The van der Waals surface area contributed by atoms with Gasteiger partial charge in [-0.25, -0.2) is 0 Å². The number of phenolic OH excluding ortho intramolecular Hbond substituents is 1. The van der Waals surface area contributed by atoms with Crippen molar-refractivity contribution in [3.05, 3.63) is 29.8 Å². The van der Waals surface area contributed by atoms with Crippen LogP contribution in [0.1, 0.15) is 18.9 Å². The van der Waals surface area contributed by atoms with Crippen molar-refractivity contribution in [3.8, 4) is 5.75 Å². The first-order chi connectivity index (χ1) is 8.55. The average Bonchev–Trinajstić information content (AvgIpc) is 2.72. The van der Waals surface area contributed by atoms with E-state index in [-0.39, 0.29) is 24.2 Å². The Morgan fingerprint density at radius 1 is 1.56 bits per heavy atom. The summed E-state index contributed by atoms with van der Waals surface area (Å²) in [6.45, 7) is 2.01. The summed E-state index contributed by atoms with van der Waals surface area (Å²) in [5.74, 6) is -1.26. The van der Waals surface area contributed by atoms with Crippen LogP contribution in [0.15, 0.2) is 24.3 Å². The molecule has 0 spiro atoms. The molecule has 1 aromatic rings. The Balaban J connectivity index is 2.11. The molecule has 5 nitrogen and oxygen atoms in total. The maximum absolute atomic E-state index is 11.2. The molecule has 2 rings (SSSR count). The molecule has 1 aliphatic rings. The number of rotatable bonds is 3. The van der Waals surface area contributed by atoms with E-state index in [0.717, 1.165) is 0 Å². The molecule has 18 heavy (non-hydrogen) atoms. The minimum atomic E-state index is -1.02. The first kappa shape index (κ1) is 12.9. The minimum Gasteiger partial charge on any atom is -0.507 e. The van der Waals surface area contributed by atoms with Crippen LogP contribution in [0.25, 0.3) is 0 Å². The number of aromatic hydroxyl groups is 1. The van der Waals surface area contributed by atoms with E-state index in [2.05, 4.69) is 4.74 Å². The fourth-order valence-electron chi connectivity index (χ4n) is 2.01. The predicted molar refractivity (Wildman–Crippen MR) is 62.9 cm³/mol. The van der Waals surface area contributed by atoms with Gasteiger partial charge in [0, 0.05) is 0 Å². The Labute approximate surface area is 105 Å². The smallest absolute Gasteiger partial charge is 0.308 e. The van der Waals surface area contributed by atoms with Gasteiger partial charge < -0.3 is 19.3 Å². The molecular weight excluding hydrogens is 236 g/mol. The molecule has 0 radical (unpaired) electrons. The number of para-hydroxylation sites is 1. The van der Waals surface area contributed by atoms with E-state index in [1.165, 1.54) is 7.11 Å². The first-order valence-electron chi connectivity index (χ1n) is 5.72. The van der Waals surface area contributed by atoms with E-state index >= 15 is 0 Å². The molecule has 0 saturated carbocycles.